The molecule has 0 radical (unpaired) electrons. The zero-order valence-corrected chi connectivity index (χ0v) is 16.2. The van der Waals surface area contributed by atoms with Crippen molar-refractivity contribution in [1.82, 2.24) is 4.57 Å². The van der Waals surface area contributed by atoms with Gasteiger partial charge in [0.05, 0.1) is 18.4 Å². The smallest absolute Gasteiger partial charge is 0.272 e. The van der Waals surface area contributed by atoms with Gasteiger partial charge in [-0.15, -0.1) is 0 Å². The Bertz CT molecular complexity index is 1000. The third-order valence-corrected chi connectivity index (χ3v) is 5.01. The number of hydrogen-bond acceptors (Lipinski definition) is 4. The number of ether oxygens (including phenoxy) is 2. The molecule has 3 aromatic rings. The van der Waals surface area contributed by atoms with Crippen molar-refractivity contribution < 1.29 is 14.3 Å². The van der Waals surface area contributed by atoms with E-state index >= 15 is 0 Å². The van der Waals surface area contributed by atoms with Crippen molar-refractivity contribution in [2.24, 2.45) is 4.99 Å². The second kappa shape index (κ2) is 9.30. The van der Waals surface area contributed by atoms with Crippen molar-refractivity contribution in [3.05, 3.63) is 65.0 Å². The number of carbonyl (C=O) groups is 1. The normalized spacial score (nSPS) is 12.1. The van der Waals surface area contributed by atoms with Crippen LogP contribution in [-0.4, -0.2) is 30.8 Å². The Morgan fingerprint density at radius 3 is 2.74 bits per heavy atom. The summed E-state index contributed by atoms with van der Waals surface area (Å²) in [6.07, 6.45) is 3.26. The second-order valence-electron chi connectivity index (χ2n) is 5.73. The van der Waals surface area contributed by atoms with Gasteiger partial charge in [-0.2, -0.15) is 4.99 Å². The van der Waals surface area contributed by atoms with E-state index in [-0.39, 0.29) is 5.91 Å². The van der Waals surface area contributed by atoms with Gasteiger partial charge in [0.1, 0.15) is 11.3 Å². The molecular weight excluding hydrogens is 360 g/mol. The van der Waals surface area contributed by atoms with Crippen LogP contribution in [0.1, 0.15) is 12.5 Å². The molecule has 1 aromatic heterocycles. The quantitative estimate of drug-likeness (QED) is 0.460. The number of thiazole rings is 1. The highest BCUT2D eigenvalue weighted by Crippen LogP contribution is 2.27. The molecule has 0 saturated carbocycles. The zero-order valence-electron chi connectivity index (χ0n) is 15.4. The van der Waals surface area contributed by atoms with Crippen molar-refractivity contribution in [3.63, 3.8) is 0 Å². The Hall–Kier alpha value is -2.70. The standard InChI is InChI=1S/C21H22N2O3S/c1-3-26-15-14-23-20-17(25-2)10-7-11-18(20)27-21(23)22-19(24)13-12-16-8-5-4-6-9-16/h4-13H,3,14-15H2,1-2H3. The molecular formula is C21H22N2O3S. The van der Waals surface area contributed by atoms with Crippen LogP contribution in [0.3, 0.4) is 0 Å². The number of amides is 1. The summed E-state index contributed by atoms with van der Waals surface area (Å²) in [4.78, 5) is 17.3. The summed E-state index contributed by atoms with van der Waals surface area (Å²) in [5.41, 5.74) is 1.89. The Labute approximate surface area is 162 Å². The number of benzene rings is 2. The minimum atomic E-state index is -0.297. The fourth-order valence-electron chi connectivity index (χ4n) is 2.72. The van der Waals surface area contributed by atoms with Gasteiger partial charge in [-0.3, -0.25) is 4.79 Å². The van der Waals surface area contributed by atoms with E-state index < -0.39 is 0 Å². The van der Waals surface area contributed by atoms with Crippen LogP contribution in [0.2, 0.25) is 0 Å². The van der Waals surface area contributed by atoms with Gasteiger partial charge in [0.2, 0.25) is 0 Å². The maximum Gasteiger partial charge on any atom is 0.272 e. The van der Waals surface area contributed by atoms with E-state index in [2.05, 4.69) is 4.99 Å². The Kier molecular flexibility index (Phi) is 6.57. The molecule has 1 amide bonds. The summed E-state index contributed by atoms with van der Waals surface area (Å²) in [6.45, 7) is 3.75. The minimum absolute atomic E-state index is 0.297. The average Bonchev–Trinajstić information content (AvgIpc) is 3.04. The summed E-state index contributed by atoms with van der Waals surface area (Å²) in [5.74, 6) is 0.462. The van der Waals surface area contributed by atoms with Crippen molar-refractivity contribution in [2.75, 3.05) is 20.3 Å². The highest BCUT2D eigenvalue weighted by atomic mass is 32.1. The minimum Gasteiger partial charge on any atom is -0.495 e. The van der Waals surface area contributed by atoms with Gasteiger partial charge < -0.3 is 14.0 Å². The van der Waals surface area contributed by atoms with Gasteiger partial charge >= 0.3 is 0 Å². The molecule has 0 bridgehead atoms. The molecule has 0 aliphatic rings. The average molecular weight is 382 g/mol. The van der Waals surface area contributed by atoms with Crippen LogP contribution in [0.25, 0.3) is 16.3 Å². The van der Waals surface area contributed by atoms with Crippen LogP contribution in [0.4, 0.5) is 0 Å². The number of fused-ring (bicyclic) bond motifs is 1. The fourth-order valence-corrected chi connectivity index (χ4v) is 3.80. The number of rotatable bonds is 7. The molecule has 6 heteroatoms. The third-order valence-electron chi connectivity index (χ3n) is 3.97. The largest absolute Gasteiger partial charge is 0.495 e. The molecule has 0 unspecified atom stereocenters. The highest BCUT2D eigenvalue weighted by molar-refractivity contribution is 7.16. The molecule has 5 nitrogen and oxygen atoms in total. The van der Waals surface area contributed by atoms with Gasteiger partial charge in [0, 0.05) is 19.2 Å². The van der Waals surface area contributed by atoms with Crippen LogP contribution in [0.15, 0.2) is 59.6 Å². The van der Waals surface area contributed by atoms with Gasteiger partial charge in [-0.25, -0.2) is 0 Å². The fraction of sp³-hybridized carbons (Fsp3) is 0.238. The molecule has 0 aliphatic heterocycles. The number of aromatic nitrogens is 1. The second-order valence-corrected chi connectivity index (χ2v) is 6.74. The van der Waals surface area contributed by atoms with Crippen molar-refractivity contribution in [3.8, 4) is 5.75 Å². The Morgan fingerprint density at radius 2 is 2.00 bits per heavy atom. The van der Waals surface area contributed by atoms with Crippen molar-refractivity contribution in [2.45, 2.75) is 13.5 Å². The first-order valence-corrected chi connectivity index (χ1v) is 9.60. The van der Waals surface area contributed by atoms with Crippen LogP contribution in [-0.2, 0) is 16.1 Å². The van der Waals surface area contributed by atoms with E-state index in [1.54, 1.807) is 13.2 Å². The monoisotopic (exact) mass is 382 g/mol. The first-order chi connectivity index (χ1) is 13.2. The molecule has 0 aliphatic carbocycles. The Morgan fingerprint density at radius 1 is 1.19 bits per heavy atom. The lowest BCUT2D eigenvalue weighted by Gasteiger charge is -2.08. The summed E-state index contributed by atoms with van der Waals surface area (Å²) in [6, 6.07) is 15.5. The topological polar surface area (TPSA) is 52.8 Å². The molecule has 27 heavy (non-hydrogen) atoms. The van der Waals surface area contributed by atoms with Crippen LogP contribution >= 0.6 is 11.3 Å². The number of hydrogen-bond donors (Lipinski definition) is 0. The van der Waals surface area contributed by atoms with Crippen LogP contribution in [0, 0.1) is 0 Å². The van der Waals surface area contributed by atoms with Gasteiger partial charge in [-0.05, 0) is 30.7 Å². The predicted molar refractivity (Wildman–Crippen MR) is 109 cm³/mol. The molecule has 0 N–H and O–H groups in total. The molecule has 1 heterocycles. The van der Waals surface area contributed by atoms with E-state index in [0.717, 1.165) is 21.5 Å². The molecule has 140 valence electrons. The van der Waals surface area contributed by atoms with E-state index in [1.807, 2.05) is 60.0 Å². The number of carbonyl (C=O) groups excluding carboxylic acids is 1. The number of nitrogens with zero attached hydrogens (tertiary/aromatic N) is 2. The summed E-state index contributed by atoms with van der Waals surface area (Å²) in [7, 11) is 1.64. The Balaban J connectivity index is 1.98. The van der Waals surface area contributed by atoms with Gasteiger partial charge in [0.25, 0.3) is 5.91 Å². The van der Waals surface area contributed by atoms with Crippen LogP contribution < -0.4 is 9.54 Å². The molecule has 0 atom stereocenters. The summed E-state index contributed by atoms with van der Waals surface area (Å²) >= 11 is 1.47. The highest BCUT2D eigenvalue weighted by Gasteiger charge is 2.11. The third kappa shape index (κ3) is 4.72. The molecule has 3 rings (SSSR count). The van der Waals surface area contributed by atoms with Gasteiger partial charge in [-0.1, -0.05) is 47.7 Å². The maximum absolute atomic E-state index is 12.4. The maximum atomic E-state index is 12.4. The lowest BCUT2D eigenvalue weighted by atomic mass is 10.2. The summed E-state index contributed by atoms with van der Waals surface area (Å²) in [5, 5.41) is 0. The lowest BCUT2D eigenvalue weighted by molar-refractivity contribution is -0.113. The van der Waals surface area contributed by atoms with E-state index in [1.165, 1.54) is 17.4 Å². The number of methoxy groups -OCH3 is 1. The summed E-state index contributed by atoms with van der Waals surface area (Å²) < 4.78 is 14.0. The molecule has 2 aromatic carbocycles. The predicted octanol–water partition coefficient (Wildman–Crippen LogP) is 3.89. The first kappa shape index (κ1) is 19.1. The van der Waals surface area contributed by atoms with E-state index in [4.69, 9.17) is 9.47 Å². The number of para-hydroxylation sites is 1. The zero-order chi connectivity index (χ0) is 19.1. The van der Waals surface area contributed by atoms with Crippen molar-refractivity contribution in [1.29, 1.82) is 0 Å². The van der Waals surface area contributed by atoms with E-state index in [9.17, 15) is 4.79 Å². The van der Waals surface area contributed by atoms with Crippen LogP contribution in [0.5, 0.6) is 5.75 Å². The molecule has 0 fully saturated rings. The lowest BCUT2D eigenvalue weighted by Crippen LogP contribution is -2.19. The van der Waals surface area contributed by atoms with Crippen molar-refractivity contribution >= 4 is 33.5 Å². The molecule has 0 spiro atoms. The SMILES string of the molecule is CCOCCn1c(=NC(=O)C=Cc2ccccc2)sc2cccc(OC)c21. The molecule has 0 saturated heterocycles. The van der Waals surface area contributed by atoms with E-state index in [0.29, 0.717) is 24.6 Å². The first-order valence-electron chi connectivity index (χ1n) is 8.79. The van der Waals surface area contributed by atoms with Gasteiger partial charge in [0.15, 0.2) is 4.80 Å².